The first-order chi connectivity index (χ1) is 15.1. The second kappa shape index (κ2) is 6.71. The first-order valence-corrected chi connectivity index (χ1v) is 10.8. The Balaban J connectivity index is 1.65. The van der Waals surface area contributed by atoms with Gasteiger partial charge in [0.1, 0.15) is 22.4 Å². The fraction of sp³-hybridized carbons (Fsp3) is 0.182. The van der Waals surface area contributed by atoms with Gasteiger partial charge < -0.3 is 9.30 Å². The highest BCUT2D eigenvalue weighted by Gasteiger charge is 2.23. The van der Waals surface area contributed by atoms with Crippen molar-refractivity contribution in [3.05, 3.63) is 75.1 Å². The van der Waals surface area contributed by atoms with Crippen molar-refractivity contribution in [1.29, 1.82) is 0 Å². The zero-order chi connectivity index (χ0) is 21.1. The van der Waals surface area contributed by atoms with Crippen molar-refractivity contribution in [2.45, 2.75) is 18.2 Å². The third kappa shape index (κ3) is 2.70. The lowest BCUT2D eigenvalue weighted by Crippen LogP contribution is -2.23. The van der Waals surface area contributed by atoms with Crippen LogP contribution in [0.25, 0.3) is 27.6 Å². The quantitative estimate of drug-likeness (QED) is 0.408. The van der Waals surface area contributed by atoms with Gasteiger partial charge in [0.15, 0.2) is 5.16 Å². The van der Waals surface area contributed by atoms with Gasteiger partial charge in [0.05, 0.1) is 24.9 Å². The Hall–Kier alpha value is -3.59. The lowest BCUT2D eigenvalue weighted by molar-refractivity contribution is 0.415. The molecule has 0 radical (unpaired) electrons. The van der Waals surface area contributed by atoms with Crippen molar-refractivity contribution in [1.82, 2.24) is 23.5 Å². The van der Waals surface area contributed by atoms with Crippen LogP contribution in [0.1, 0.15) is 5.69 Å². The van der Waals surface area contributed by atoms with E-state index in [-0.39, 0.29) is 17.7 Å². The minimum absolute atomic E-state index is 0.0716. The predicted octanol–water partition coefficient (Wildman–Crippen LogP) is 2.52. The summed E-state index contributed by atoms with van der Waals surface area (Å²) >= 11 is 1.59. The highest BCUT2D eigenvalue weighted by atomic mass is 32.2. The fourth-order valence-electron chi connectivity index (χ4n) is 4.19. The van der Waals surface area contributed by atoms with E-state index in [9.17, 15) is 9.59 Å². The van der Waals surface area contributed by atoms with Crippen molar-refractivity contribution in [2.75, 3.05) is 12.9 Å². The molecular formula is C22H17N5O3S. The number of rotatable bonds is 3. The largest absolute Gasteiger partial charge is 0.497 e. The van der Waals surface area contributed by atoms with E-state index < -0.39 is 0 Å². The van der Waals surface area contributed by atoms with Crippen molar-refractivity contribution in [3.63, 3.8) is 0 Å². The van der Waals surface area contributed by atoms with E-state index in [2.05, 4.69) is 4.98 Å². The highest BCUT2D eigenvalue weighted by molar-refractivity contribution is 7.99. The average molecular weight is 431 g/mol. The number of aromatic nitrogens is 5. The van der Waals surface area contributed by atoms with E-state index in [1.54, 1.807) is 41.8 Å². The second-order valence-corrected chi connectivity index (χ2v) is 8.44. The molecule has 31 heavy (non-hydrogen) atoms. The summed E-state index contributed by atoms with van der Waals surface area (Å²) < 4.78 is 10.5. The Morgan fingerprint density at radius 2 is 2.03 bits per heavy atom. The Bertz CT molecular complexity index is 1630. The van der Waals surface area contributed by atoms with Crippen LogP contribution >= 0.6 is 11.8 Å². The van der Waals surface area contributed by atoms with Gasteiger partial charge in [0.25, 0.3) is 11.1 Å². The van der Waals surface area contributed by atoms with E-state index >= 15 is 0 Å². The molecule has 9 heteroatoms. The molecule has 6 rings (SSSR count). The molecule has 0 spiro atoms. The van der Waals surface area contributed by atoms with Crippen molar-refractivity contribution in [2.24, 2.45) is 0 Å². The minimum Gasteiger partial charge on any atom is -0.497 e. The topological polar surface area (TPSA) is 83.4 Å². The summed E-state index contributed by atoms with van der Waals surface area (Å²) in [6, 6.07) is 12.6. The van der Waals surface area contributed by atoms with E-state index in [0.717, 1.165) is 21.8 Å². The van der Waals surface area contributed by atoms with Crippen molar-refractivity contribution in [3.8, 4) is 5.75 Å². The molecule has 0 N–H and O–H groups in total. The normalized spacial score (nSPS) is 13.3. The standard InChI is InChI=1S/C22H17N5O3S/c1-30-14-5-6-16-15(11-14)19-20(21(29)26-8-9-31-22(26)24-19)27(16)12-13-10-18(28)25-7-3-2-4-17(25)23-13/h2-7,10-11H,8-9,12H2,1H3. The summed E-state index contributed by atoms with van der Waals surface area (Å²) in [6.45, 7) is 0.929. The molecule has 1 aromatic carbocycles. The second-order valence-electron chi connectivity index (χ2n) is 7.38. The third-order valence-electron chi connectivity index (χ3n) is 5.62. The molecule has 0 atom stereocenters. The number of pyridine rings is 1. The molecule has 0 saturated heterocycles. The van der Waals surface area contributed by atoms with Crippen LogP contribution in [-0.4, -0.2) is 36.4 Å². The molecule has 5 heterocycles. The summed E-state index contributed by atoms with van der Waals surface area (Å²) in [5, 5.41) is 1.58. The van der Waals surface area contributed by atoms with Gasteiger partial charge in [0, 0.05) is 29.9 Å². The molecule has 1 aliphatic rings. The van der Waals surface area contributed by atoms with Crippen molar-refractivity contribution >= 4 is 39.3 Å². The zero-order valence-corrected chi connectivity index (χ0v) is 17.4. The number of benzene rings is 1. The first-order valence-electron chi connectivity index (χ1n) is 9.85. The van der Waals surface area contributed by atoms with Gasteiger partial charge in [-0.2, -0.15) is 0 Å². The number of fused-ring (bicyclic) bond motifs is 5. The summed E-state index contributed by atoms with van der Waals surface area (Å²) in [7, 11) is 1.61. The number of thioether (sulfide) groups is 1. The third-order valence-corrected chi connectivity index (χ3v) is 6.58. The van der Waals surface area contributed by atoms with Crippen LogP contribution in [0.15, 0.2) is 63.4 Å². The van der Waals surface area contributed by atoms with Crippen LogP contribution in [0.3, 0.4) is 0 Å². The van der Waals surface area contributed by atoms with Crippen molar-refractivity contribution < 1.29 is 4.74 Å². The smallest absolute Gasteiger partial charge is 0.278 e. The van der Waals surface area contributed by atoms with Gasteiger partial charge in [-0.15, -0.1) is 0 Å². The molecule has 0 fully saturated rings. The van der Waals surface area contributed by atoms with E-state index in [1.165, 1.54) is 10.5 Å². The van der Waals surface area contributed by atoms with Gasteiger partial charge >= 0.3 is 0 Å². The maximum Gasteiger partial charge on any atom is 0.278 e. The average Bonchev–Trinajstić information content (AvgIpc) is 3.37. The minimum atomic E-state index is -0.157. The van der Waals surface area contributed by atoms with Crippen LogP contribution in [0.2, 0.25) is 0 Å². The molecule has 0 unspecified atom stereocenters. The number of nitrogens with zero attached hydrogens (tertiary/aromatic N) is 5. The van der Waals surface area contributed by atoms with E-state index in [0.29, 0.717) is 34.7 Å². The van der Waals surface area contributed by atoms with Gasteiger partial charge in [-0.25, -0.2) is 9.97 Å². The van der Waals surface area contributed by atoms with Gasteiger partial charge in [-0.05, 0) is 30.3 Å². The Labute approximate surface area is 179 Å². The van der Waals surface area contributed by atoms with Gasteiger partial charge in [-0.3, -0.25) is 18.6 Å². The predicted molar refractivity (Wildman–Crippen MR) is 119 cm³/mol. The molecule has 0 bridgehead atoms. The van der Waals surface area contributed by atoms with Crippen LogP contribution in [-0.2, 0) is 13.1 Å². The number of methoxy groups -OCH3 is 1. The molecule has 0 saturated carbocycles. The maximum absolute atomic E-state index is 13.4. The van der Waals surface area contributed by atoms with Gasteiger partial charge in [-0.1, -0.05) is 17.8 Å². The van der Waals surface area contributed by atoms with E-state index in [1.807, 2.05) is 28.8 Å². The lowest BCUT2D eigenvalue weighted by Gasteiger charge is -2.09. The summed E-state index contributed by atoms with van der Waals surface area (Å²) in [5.41, 5.74) is 2.95. The van der Waals surface area contributed by atoms with Crippen LogP contribution < -0.4 is 15.9 Å². The summed E-state index contributed by atoms with van der Waals surface area (Å²) in [6.07, 6.45) is 1.69. The molecular weight excluding hydrogens is 414 g/mol. The highest BCUT2D eigenvalue weighted by Crippen LogP contribution is 2.32. The summed E-state index contributed by atoms with van der Waals surface area (Å²) in [4.78, 5) is 35.4. The molecule has 0 aliphatic carbocycles. The van der Waals surface area contributed by atoms with Crippen LogP contribution in [0.4, 0.5) is 0 Å². The molecule has 1 aliphatic heterocycles. The maximum atomic E-state index is 13.4. The molecule has 0 amide bonds. The number of hydrogen-bond donors (Lipinski definition) is 0. The Kier molecular flexibility index (Phi) is 3.94. The Morgan fingerprint density at radius 1 is 1.13 bits per heavy atom. The lowest BCUT2D eigenvalue weighted by atomic mass is 10.2. The summed E-state index contributed by atoms with van der Waals surface area (Å²) in [5.74, 6) is 1.53. The molecule has 5 aromatic rings. The van der Waals surface area contributed by atoms with Crippen LogP contribution in [0, 0.1) is 0 Å². The van der Waals surface area contributed by atoms with E-state index in [4.69, 9.17) is 9.72 Å². The van der Waals surface area contributed by atoms with Gasteiger partial charge in [0.2, 0.25) is 0 Å². The number of hydrogen-bond acceptors (Lipinski definition) is 6. The zero-order valence-electron chi connectivity index (χ0n) is 16.6. The number of ether oxygens (including phenoxy) is 1. The SMILES string of the molecule is COc1ccc2c(c1)c1nc3n(c(=O)c1n2Cc1cc(=O)n2ccccc2n1)CCS3. The first kappa shape index (κ1) is 18.2. The van der Waals surface area contributed by atoms with Crippen LogP contribution in [0.5, 0.6) is 5.75 Å². The molecule has 154 valence electrons. The monoisotopic (exact) mass is 431 g/mol. The molecule has 4 aromatic heterocycles. The molecule has 8 nitrogen and oxygen atoms in total. The fourth-order valence-corrected chi connectivity index (χ4v) is 5.13. The Morgan fingerprint density at radius 3 is 2.90 bits per heavy atom.